The van der Waals surface area contributed by atoms with E-state index in [1.165, 1.54) is 0 Å². The molecule has 0 spiro atoms. The van der Waals surface area contributed by atoms with Gasteiger partial charge in [-0.05, 0) is 12.0 Å². The van der Waals surface area contributed by atoms with Crippen LogP contribution in [0.3, 0.4) is 0 Å². The van der Waals surface area contributed by atoms with Crippen molar-refractivity contribution in [1.29, 1.82) is 0 Å². The van der Waals surface area contributed by atoms with Crippen molar-refractivity contribution < 1.29 is 9.53 Å². The van der Waals surface area contributed by atoms with E-state index in [0.29, 0.717) is 6.42 Å². The molecule has 0 heterocycles. The van der Waals surface area contributed by atoms with E-state index in [4.69, 9.17) is 4.74 Å². The molecule has 76 valence electrons. The van der Waals surface area contributed by atoms with Crippen LogP contribution in [0.15, 0.2) is 30.3 Å². The summed E-state index contributed by atoms with van der Waals surface area (Å²) in [6.07, 6.45) is 1.05. The summed E-state index contributed by atoms with van der Waals surface area (Å²) < 4.78 is 5.20. The van der Waals surface area contributed by atoms with Gasteiger partial charge in [-0.3, -0.25) is 4.79 Å². The Morgan fingerprint density at radius 3 is 2.50 bits per heavy atom. The van der Waals surface area contributed by atoms with E-state index in [0.717, 1.165) is 12.0 Å². The molecule has 0 bridgehead atoms. The number of rotatable bonds is 5. The Labute approximate surface area is 84.9 Å². The number of benzene rings is 1. The van der Waals surface area contributed by atoms with Gasteiger partial charge in [0.05, 0.1) is 0 Å². The van der Waals surface area contributed by atoms with Crippen LogP contribution in [0.5, 0.6) is 0 Å². The van der Waals surface area contributed by atoms with Crippen LogP contribution < -0.4 is 0 Å². The molecule has 0 aromatic heterocycles. The average Bonchev–Trinajstić information content (AvgIpc) is 2.21. The SMILES string of the molecule is CCCC(=O)[C@H](OC)c1ccccc1. The summed E-state index contributed by atoms with van der Waals surface area (Å²) in [6.45, 7) is 2.00. The van der Waals surface area contributed by atoms with Crippen molar-refractivity contribution in [2.45, 2.75) is 25.9 Å². The lowest BCUT2D eigenvalue weighted by Crippen LogP contribution is -2.13. The minimum atomic E-state index is -0.392. The van der Waals surface area contributed by atoms with Crippen molar-refractivity contribution in [3.63, 3.8) is 0 Å². The number of ether oxygens (including phenoxy) is 1. The van der Waals surface area contributed by atoms with Crippen molar-refractivity contribution in [3.05, 3.63) is 35.9 Å². The van der Waals surface area contributed by atoms with Crippen LogP contribution >= 0.6 is 0 Å². The van der Waals surface area contributed by atoms with Gasteiger partial charge in [-0.2, -0.15) is 0 Å². The first-order valence-electron chi connectivity index (χ1n) is 4.90. The van der Waals surface area contributed by atoms with Crippen LogP contribution in [0.1, 0.15) is 31.4 Å². The molecular formula is C12H16O2. The lowest BCUT2D eigenvalue weighted by molar-refractivity contribution is -0.129. The van der Waals surface area contributed by atoms with E-state index in [1.54, 1.807) is 7.11 Å². The van der Waals surface area contributed by atoms with Crippen LogP contribution in [0, 0.1) is 0 Å². The van der Waals surface area contributed by atoms with Crippen molar-refractivity contribution in [2.24, 2.45) is 0 Å². The van der Waals surface area contributed by atoms with Crippen molar-refractivity contribution >= 4 is 5.78 Å². The highest BCUT2D eigenvalue weighted by Crippen LogP contribution is 2.19. The van der Waals surface area contributed by atoms with Gasteiger partial charge >= 0.3 is 0 Å². The van der Waals surface area contributed by atoms with E-state index < -0.39 is 6.10 Å². The molecule has 2 nitrogen and oxygen atoms in total. The molecule has 1 aromatic rings. The first-order valence-corrected chi connectivity index (χ1v) is 4.90. The fourth-order valence-electron chi connectivity index (χ4n) is 1.46. The average molecular weight is 192 g/mol. The van der Waals surface area contributed by atoms with Gasteiger partial charge in [0, 0.05) is 13.5 Å². The molecule has 0 aliphatic carbocycles. The Kier molecular flexibility index (Phi) is 4.33. The third-order valence-corrected chi connectivity index (χ3v) is 2.13. The van der Waals surface area contributed by atoms with Crippen LogP contribution in [-0.4, -0.2) is 12.9 Å². The molecule has 0 N–H and O–H groups in total. The molecule has 0 amide bonds. The monoisotopic (exact) mass is 192 g/mol. The fourth-order valence-corrected chi connectivity index (χ4v) is 1.46. The zero-order valence-electron chi connectivity index (χ0n) is 8.69. The summed E-state index contributed by atoms with van der Waals surface area (Å²) in [5, 5.41) is 0. The normalized spacial score (nSPS) is 12.4. The van der Waals surface area contributed by atoms with Crippen LogP contribution in [-0.2, 0) is 9.53 Å². The van der Waals surface area contributed by atoms with E-state index in [1.807, 2.05) is 37.3 Å². The number of Topliss-reactive ketones (excluding diaryl/α,β-unsaturated/α-hetero) is 1. The van der Waals surface area contributed by atoms with Crippen LogP contribution in [0.25, 0.3) is 0 Å². The second-order valence-electron chi connectivity index (χ2n) is 3.24. The Morgan fingerprint density at radius 2 is 2.00 bits per heavy atom. The van der Waals surface area contributed by atoms with Crippen LogP contribution in [0.2, 0.25) is 0 Å². The highest BCUT2D eigenvalue weighted by molar-refractivity contribution is 5.84. The Hall–Kier alpha value is -1.15. The van der Waals surface area contributed by atoms with Gasteiger partial charge in [-0.15, -0.1) is 0 Å². The van der Waals surface area contributed by atoms with Crippen molar-refractivity contribution in [1.82, 2.24) is 0 Å². The first kappa shape index (κ1) is 10.9. The topological polar surface area (TPSA) is 26.3 Å². The second kappa shape index (κ2) is 5.55. The zero-order chi connectivity index (χ0) is 10.4. The third kappa shape index (κ3) is 2.67. The number of carbonyl (C=O) groups is 1. The van der Waals surface area contributed by atoms with E-state index in [9.17, 15) is 4.79 Å². The smallest absolute Gasteiger partial charge is 0.166 e. The van der Waals surface area contributed by atoms with E-state index in [-0.39, 0.29) is 5.78 Å². The van der Waals surface area contributed by atoms with Crippen molar-refractivity contribution in [2.75, 3.05) is 7.11 Å². The van der Waals surface area contributed by atoms with Gasteiger partial charge in [0.1, 0.15) is 6.10 Å². The Balaban J connectivity index is 2.77. The Morgan fingerprint density at radius 1 is 1.36 bits per heavy atom. The van der Waals surface area contributed by atoms with Gasteiger partial charge in [0.25, 0.3) is 0 Å². The Bertz CT molecular complexity index is 280. The number of hydrogen-bond acceptors (Lipinski definition) is 2. The first-order chi connectivity index (χ1) is 6.79. The maximum atomic E-state index is 11.6. The lowest BCUT2D eigenvalue weighted by atomic mass is 10.0. The van der Waals surface area contributed by atoms with Gasteiger partial charge < -0.3 is 4.74 Å². The predicted molar refractivity (Wildman–Crippen MR) is 56.1 cm³/mol. The lowest BCUT2D eigenvalue weighted by Gasteiger charge is -2.13. The molecule has 14 heavy (non-hydrogen) atoms. The molecule has 1 aromatic carbocycles. The molecule has 0 aliphatic rings. The summed E-state index contributed by atoms with van der Waals surface area (Å²) >= 11 is 0. The molecule has 0 radical (unpaired) electrons. The van der Waals surface area contributed by atoms with E-state index in [2.05, 4.69) is 0 Å². The predicted octanol–water partition coefficient (Wildman–Crippen LogP) is 2.74. The molecular weight excluding hydrogens is 176 g/mol. The molecule has 0 saturated heterocycles. The summed E-state index contributed by atoms with van der Waals surface area (Å²) in [5.74, 6) is 0.154. The quantitative estimate of drug-likeness (QED) is 0.717. The second-order valence-corrected chi connectivity index (χ2v) is 3.24. The highest BCUT2D eigenvalue weighted by Gasteiger charge is 2.17. The summed E-state index contributed by atoms with van der Waals surface area (Å²) in [7, 11) is 1.57. The third-order valence-electron chi connectivity index (χ3n) is 2.13. The number of ketones is 1. The zero-order valence-corrected chi connectivity index (χ0v) is 8.69. The van der Waals surface area contributed by atoms with Gasteiger partial charge in [-0.25, -0.2) is 0 Å². The minimum Gasteiger partial charge on any atom is -0.369 e. The minimum absolute atomic E-state index is 0.154. The summed E-state index contributed by atoms with van der Waals surface area (Å²) in [6, 6.07) is 9.60. The summed E-state index contributed by atoms with van der Waals surface area (Å²) in [4.78, 5) is 11.6. The van der Waals surface area contributed by atoms with Gasteiger partial charge in [0.15, 0.2) is 5.78 Å². The largest absolute Gasteiger partial charge is 0.369 e. The number of hydrogen-bond donors (Lipinski definition) is 0. The molecule has 1 atom stereocenters. The van der Waals surface area contributed by atoms with Crippen molar-refractivity contribution in [3.8, 4) is 0 Å². The van der Waals surface area contributed by atoms with Gasteiger partial charge in [-0.1, -0.05) is 37.3 Å². The number of methoxy groups -OCH3 is 1. The maximum absolute atomic E-state index is 11.6. The standard InChI is InChI=1S/C12H16O2/c1-3-7-11(13)12(14-2)10-8-5-4-6-9-10/h4-6,8-9,12H,3,7H2,1-2H3/t12-/m1/s1. The molecule has 0 aliphatic heterocycles. The molecule has 1 rings (SSSR count). The molecule has 0 saturated carbocycles. The molecule has 2 heteroatoms. The highest BCUT2D eigenvalue weighted by atomic mass is 16.5. The molecule has 0 unspecified atom stereocenters. The van der Waals surface area contributed by atoms with Gasteiger partial charge in [0.2, 0.25) is 0 Å². The number of carbonyl (C=O) groups excluding carboxylic acids is 1. The van der Waals surface area contributed by atoms with Crippen LogP contribution in [0.4, 0.5) is 0 Å². The fraction of sp³-hybridized carbons (Fsp3) is 0.417. The summed E-state index contributed by atoms with van der Waals surface area (Å²) in [5.41, 5.74) is 0.938. The molecule has 0 fully saturated rings. The van der Waals surface area contributed by atoms with E-state index >= 15 is 0 Å². The maximum Gasteiger partial charge on any atom is 0.166 e.